The van der Waals surface area contributed by atoms with Crippen molar-refractivity contribution in [3.05, 3.63) is 78.4 Å². The average molecular weight is 344 g/mol. The molecule has 3 nitrogen and oxygen atoms in total. The number of aromatic hydroxyl groups is 1. The third kappa shape index (κ3) is 3.50. The minimum Gasteiger partial charge on any atom is -0.507 e. The maximum Gasteiger partial charge on any atom is 0.128 e. The van der Waals surface area contributed by atoms with Crippen LogP contribution in [0.1, 0.15) is 5.56 Å². The third-order valence-corrected chi connectivity index (χ3v) is 5.01. The van der Waals surface area contributed by atoms with Crippen LogP contribution in [-0.4, -0.2) is 36.2 Å². The lowest BCUT2D eigenvalue weighted by Gasteiger charge is -2.28. The maximum atomic E-state index is 11.2. The number of hydrogen-bond donors (Lipinski definition) is 2. The summed E-state index contributed by atoms with van der Waals surface area (Å²) in [6.45, 7) is 4.83. The van der Waals surface area contributed by atoms with Crippen molar-refractivity contribution >= 4 is 0 Å². The summed E-state index contributed by atoms with van der Waals surface area (Å²) < 4.78 is 0. The van der Waals surface area contributed by atoms with Crippen LogP contribution in [0.2, 0.25) is 0 Å². The Morgan fingerprint density at radius 3 is 2.04 bits per heavy atom. The summed E-state index contributed by atoms with van der Waals surface area (Å²) in [7, 11) is 0. The first kappa shape index (κ1) is 16.8. The fourth-order valence-electron chi connectivity index (χ4n) is 3.63. The molecule has 1 aliphatic heterocycles. The van der Waals surface area contributed by atoms with Gasteiger partial charge in [-0.15, -0.1) is 0 Å². The molecule has 0 aliphatic carbocycles. The van der Waals surface area contributed by atoms with Crippen LogP contribution >= 0.6 is 0 Å². The molecule has 0 radical (unpaired) electrons. The normalized spacial score (nSPS) is 15.1. The van der Waals surface area contributed by atoms with Crippen molar-refractivity contribution in [2.45, 2.75) is 6.54 Å². The van der Waals surface area contributed by atoms with Gasteiger partial charge in [-0.3, -0.25) is 4.90 Å². The molecule has 0 bridgehead atoms. The van der Waals surface area contributed by atoms with Crippen molar-refractivity contribution in [1.82, 2.24) is 10.2 Å². The van der Waals surface area contributed by atoms with Gasteiger partial charge in [0.25, 0.3) is 0 Å². The average Bonchev–Trinajstić information content (AvgIpc) is 2.71. The van der Waals surface area contributed by atoms with Crippen LogP contribution in [0, 0.1) is 0 Å². The van der Waals surface area contributed by atoms with Gasteiger partial charge in [0.05, 0.1) is 0 Å². The topological polar surface area (TPSA) is 35.5 Å². The Balaban J connectivity index is 1.79. The predicted octanol–water partition coefficient (Wildman–Crippen LogP) is 4.13. The summed E-state index contributed by atoms with van der Waals surface area (Å²) in [6, 6.07) is 24.7. The molecular formula is C23H24N2O. The summed E-state index contributed by atoms with van der Waals surface area (Å²) in [5, 5.41) is 14.6. The van der Waals surface area contributed by atoms with Crippen LogP contribution < -0.4 is 5.32 Å². The molecule has 0 atom stereocenters. The third-order valence-electron chi connectivity index (χ3n) is 5.01. The second kappa shape index (κ2) is 7.73. The first-order valence-corrected chi connectivity index (χ1v) is 9.22. The van der Waals surface area contributed by atoms with Gasteiger partial charge in [0, 0.05) is 43.9 Å². The van der Waals surface area contributed by atoms with E-state index >= 15 is 0 Å². The van der Waals surface area contributed by atoms with Gasteiger partial charge in [-0.1, -0.05) is 72.8 Å². The molecule has 1 aliphatic rings. The van der Waals surface area contributed by atoms with Crippen LogP contribution in [0.15, 0.2) is 72.8 Å². The number of phenolic OH excluding ortho intramolecular Hbond substituents is 1. The lowest BCUT2D eigenvalue weighted by atomic mass is 9.91. The molecule has 0 unspecified atom stereocenters. The van der Waals surface area contributed by atoms with E-state index in [2.05, 4.69) is 46.6 Å². The Hall–Kier alpha value is -2.62. The van der Waals surface area contributed by atoms with E-state index in [4.69, 9.17) is 0 Å². The molecular weight excluding hydrogens is 320 g/mol. The summed E-state index contributed by atoms with van der Waals surface area (Å²) in [5.74, 6) is 0.399. The molecule has 132 valence electrons. The molecule has 0 amide bonds. The molecule has 4 rings (SSSR count). The van der Waals surface area contributed by atoms with Crippen LogP contribution in [0.25, 0.3) is 22.3 Å². The van der Waals surface area contributed by atoms with Crippen molar-refractivity contribution in [3.8, 4) is 28.0 Å². The van der Waals surface area contributed by atoms with E-state index in [9.17, 15) is 5.11 Å². The quantitative estimate of drug-likeness (QED) is 0.747. The van der Waals surface area contributed by atoms with Crippen LogP contribution in [0.3, 0.4) is 0 Å². The minimum atomic E-state index is 0.399. The van der Waals surface area contributed by atoms with E-state index in [-0.39, 0.29) is 0 Å². The smallest absolute Gasteiger partial charge is 0.128 e. The van der Waals surface area contributed by atoms with Gasteiger partial charge < -0.3 is 10.4 Å². The molecule has 3 aromatic rings. The highest BCUT2D eigenvalue weighted by Crippen LogP contribution is 2.41. The van der Waals surface area contributed by atoms with Crippen LogP contribution in [0.4, 0.5) is 0 Å². The highest BCUT2D eigenvalue weighted by Gasteiger charge is 2.18. The van der Waals surface area contributed by atoms with E-state index in [1.807, 2.05) is 36.4 Å². The molecule has 0 saturated carbocycles. The van der Waals surface area contributed by atoms with Crippen molar-refractivity contribution in [2.24, 2.45) is 0 Å². The lowest BCUT2D eigenvalue weighted by molar-refractivity contribution is 0.230. The summed E-state index contributed by atoms with van der Waals surface area (Å²) in [6.07, 6.45) is 0. The molecule has 0 aromatic heterocycles. The molecule has 26 heavy (non-hydrogen) atoms. The predicted molar refractivity (Wildman–Crippen MR) is 107 cm³/mol. The number of hydrogen-bond acceptors (Lipinski definition) is 3. The second-order valence-corrected chi connectivity index (χ2v) is 6.75. The van der Waals surface area contributed by atoms with Gasteiger partial charge in [0.2, 0.25) is 0 Å². The van der Waals surface area contributed by atoms with E-state index in [0.717, 1.165) is 60.5 Å². The zero-order valence-corrected chi connectivity index (χ0v) is 14.9. The molecule has 3 aromatic carbocycles. The number of nitrogens with zero attached hydrogens (tertiary/aromatic N) is 1. The van der Waals surface area contributed by atoms with Crippen molar-refractivity contribution in [1.29, 1.82) is 0 Å². The van der Waals surface area contributed by atoms with E-state index in [0.29, 0.717) is 5.75 Å². The first-order valence-electron chi connectivity index (χ1n) is 9.22. The molecule has 3 heteroatoms. The van der Waals surface area contributed by atoms with Crippen molar-refractivity contribution in [2.75, 3.05) is 26.2 Å². The Morgan fingerprint density at radius 2 is 1.38 bits per heavy atom. The number of nitrogens with one attached hydrogen (secondary N) is 1. The van der Waals surface area contributed by atoms with Gasteiger partial charge in [-0.25, -0.2) is 0 Å². The van der Waals surface area contributed by atoms with Crippen molar-refractivity contribution < 1.29 is 5.11 Å². The number of piperazine rings is 1. The molecule has 1 saturated heterocycles. The van der Waals surface area contributed by atoms with Crippen molar-refractivity contribution in [3.63, 3.8) is 0 Å². The van der Waals surface area contributed by atoms with Gasteiger partial charge in [0.15, 0.2) is 0 Å². The maximum absolute atomic E-state index is 11.2. The summed E-state index contributed by atoms with van der Waals surface area (Å²) in [5.41, 5.74) is 5.15. The van der Waals surface area contributed by atoms with Gasteiger partial charge in [0.1, 0.15) is 5.75 Å². The van der Waals surface area contributed by atoms with Crippen LogP contribution in [0.5, 0.6) is 5.75 Å². The monoisotopic (exact) mass is 344 g/mol. The van der Waals surface area contributed by atoms with E-state index in [1.165, 1.54) is 0 Å². The zero-order chi connectivity index (χ0) is 17.8. The largest absolute Gasteiger partial charge is 0.507 e. The highest BCUT2D eigenvalue weighted by molar-refractivity contribution is 5.88. The lowest BCUT2D eigenvalue weighted by Crippen LogP contribution is -2.42. The van der Waals surface area contributed by atoms with Gasteiger partial charge in [-0.05, 0) is 16.7 Å². The Kier molecular flexibility index (Phi) is 5.00. The fourth-order valence-corrected chi connectivity index (χ4v) is 3.63. The van der Waals surface area contributed by atoms with E-state index < -0.39 is 0 Å². The fraction of sp³-hybridized carbons (Fsp3) is 0.217. The van der Waals surface area contributed by atoms with E-state index in [1.54, 1.807) is 0 Å². The SMILES string of the molecule is Oc1c(CN2CCNCC2)ccc(-c2ccccc2)c1-c1ccccc1. The summed E-state index contributed by atoms with van der Waals surface area (Å²) in [4.78, 5) is 2.39. The second-order valence-electron chi connectivity index (χ2n) is 6.75. The molecule has 0 spiro atoms. The Bertz CT molecular complexity index is 856. The first-order chi connectivity index (χ1) is 12.8. The zero-order valence-electron chi connectivity index (χ0n) is 14.9. The molecule has 1 fully saturated rings. The molecule has 1 heterocycles. The number of rotatable bonds is 4. The summed E-state index contributed by atoms with van der Waals surface area (Å²) >= 11 is 0. The molecule has 2 N–H and O–H groups in total. The van der Waals surface area contributed by atoms with Crippen LogP contribution in [-0.2, 0) is 6.54 Å². The Labute approximate surface area is 154 Å². The Morgan fingerprint density at radius 1 is 0.769 bits per heavy atom. The van der Waals surface area contributed by atoms with Gasteiger partial charge in [-0.2, -0.15) is 0 Å². The highest BCUT2D eigenvalue weighted by atomic mass is 16.3. The van der Waals surface area contributed by atoms with Gasteiger partial charge >= 0.3 is 0 Å². The number of phenols is 1. The number of benzene rings is 3. The standard InChI is InChI=1S/C23H24N2O/c26-23-20(17-25-15-13-24-14-16-25)11-12-21(18-7-3-1-4-8-18)22(23)19-9-5-2-6-10-19/h1-12,24,26H,13-17H2. The minimum absolute atomic E-state index is 0.399.